The summed E-state index contributed by atoms with van der Waals surface area (Å²) < 4.78 is 5.68. The SMILES string of the molecule is CC(C)(C)N(CC(=O)N1CCc2sccc2C1c1ccccc1)C(=O)COc1ccccc1. The summed E-state index contributed by atoms with van der Waals surface area (Å²) in [6, 6.07) is 21.4. The number of carbonyl (C=O) groups excluding carboxylic acids is 2. The number of rotatable bonds is 6. The maximum atomic E-state index is 13.6. The van der Waals surface area contributed by atoms with E-state index < -0.39 is 5.54 Å². The van der Waals surface area contributed by atoms with Crippen molar-refractivity contribution in [1.29, 1.82) is 0 Å². The Morgan fingerprint density at radius 1 is 1.03 bits per heavy atom. The van der Waals surface area contributed by atoms with E-state index >= 15 is 0 Å². The summed E-state index contributed by atoms with van der Waals surface area (Å²) in [5.41, 5.74) is 1.76. The number of thiophene rings is 1. The predicted molar refractivity (Wildman–Crippen MR) is 131 cm³/mol. The monoisotopic (exact) mass is 462 g/mol. The molecule has 1 atom stereocenters. The van der Waals surface area contributed by atoms with Gasteiger partial charge in [0.2, 0.25) is 5.91 Å². The number of fused-ring (bicyclic) bond motifs is 1. The Labute approximate surface area is 199 Å². The standard InChI is InChI=1S/C27H30N2O3S/c1-27(2,3)29(25(31)19-32-21-12-8-5-9-13-21)18-24(30)28-16-14-23-22(15-17-33-23)26(28)20-10-6-4-7-11-20/h4-13,15,17,26H,14,16,18-19H2,1-3H3. The summed E-state index contributed by atoms with van der Waals surface area (Å²) in [7, 11) is 0. The van der Waals surface area contributed by atoms with Gasteiger partial charge in [0.1, 0.15) is 12.3 Å². The molecule has 1 unspecified atom stereocenters. The summed E-state index contributed by atoms with van der Waals surface area (Å²) in [5, 5.41) is 2.10. The second-order valence-electron chi connectivity index (χ2n) is 9.20. The first kappa shape index (κ1) is 23.1. The molecule has 0 spiro atoms. The van der Waals surface area contributed by atoms with Crippen LogP contribution in [0.2, 0.25) is 0 Å². The Hall–Kier alpha value is -3.12. The van der Waals surface area contributed by atoms with Gasteiger partial charge in [0.15, 0.2) is 6.61 Å². The van der Waals surface area contributed by atoms with E-state index in [1.54, 1.807) is 16.2 Å². The fraction of sp³-hybridized carbons (Fsp3) is 0.333. The first-order valence-electron chi connectivity index (χ1n) is 11.2. The predicted octanol–water partition coefficient (Wildman–Crippen LogP) is 4.93. The molecule has 33 heavy (non-hydrogen) atoms. The van der Waals surface area contributed by atoms with Crippen molar-refractivity contribution in [3.8, 4) is 5.75 Å². The van der Waals surface area contributed by atoms with E-state index in [2.05, 4.69) is 23.6 Å². The van der Waals surface area contributed by atoms with E-state index in [1.807, 2.05) is 74.2 Å². The molecule has 172 valence electrons. The molecule has 0 bridgehead atoms. The average molecular weight is 463 g/mol. The highest BCUT2D eigenvalue weighted by Crippen LogP contribution is 2.38. The van der Waals surface area contributed by atoms with Crippen molar-refractivity contribution >= 4 is 23.2 Å². The zero-order valence-corrected chi connectivity index (χ0v) is 20.2. The van der Waals surface area contributed by atoms with Crippen LogP contribution in [0.15, 0.2) is 72.1 Å². The third-order valence-electron chi connectivity index (χ3n) is 5.91. The van der Waals surface area contributed by atoms with Gasteiger partial charge in [-0.05, 0) is 61.9 Å². The van der Waals surface area contributed by atoms with Crippen molar-refractivity contribution < 1.29 is 14.3 Å². The number of hydrogen-bond acceptors (Lipinski definition) is 4. The Morgan fingerprint density at radius 2 is 1.70 bits per heavy atom. The molecule has 5 nitrogen and oxygen atoms in total. The van der Waals surface area contributed by atoms with Gasteiger partial charge in [-0.1, -0.05) is 48.5 Å². The van der Waals surface area contributed by atoms with Crippen molar-refractivity contribution in [2.45, 2.75) is 38.8 Å². The van der Waals surface area contributed by atoms with E-state index in [1.165, 1.54) is 10.4 Å². The van der Waals surface area contributed by atoms with Gasteiger partial charge in [-0.2, -0.15) is 0 Å². The summed E-state index contributed by atoms with van der Waals surface area (Å²) in [4.78, 5) is 31.6. The minimum Gasteiger partial charge on any atom is -0.484 e. The van der Waals surface area contributed by atoms with Crippen molar-refractivity contribution in [3.05, 3.63) is 88.1 Å². The van der Waals surface area contributed by atoms with E-state index in [4.69, 9.17) is 4.74 Å². The van der Waals surface area contributed by atoms with Crippen molar-refractivity contribution in [2.75, 3.05) is 19.7 Å². The number of amides is 2. The maximum absolute atomic E-state index is 13.6. The van der Waals surface area contributed by atoms with Gasteiger partial charge < -0.3 is 14.5 Å². The van der Waals surface area contributed by atoms with Crippen LogP contribution in [-0.4, -0.2) is 46.8 Å². The van der Waals surface area contributed by atoms with Crippen LogP contribution in [-0.2, 0) is 16.0 Å². The molecule has 0 fully saturated rings. The van der Waals surface area contributed by atoms with E-state index in [9.17, 15) is 9.59 Å². The van der Waals surface area contributed by atoms with Gasteiger partial charge >= 0.3 is 0 Å². The molecule has 2 aromatic carbocycles. The third kappa shape index (κ3) is 5.28. The van der Waals surface area contributed by atoms with E-state index in [0.29, 0.717) is 12.3 Å². The first-order chi connectivity index (χ1) is 15.8. The van der Waals surface area contributed by atoms with Gasteiger partial charge in [0, 0.05) is 17.0 Å². The zero-order valence-electron chi connectivity index (χ0n) is 19.4. The second-order valence-corrected chi connectivity index (χ2v) is 10.2. The van der Waals surface area contributed by atoms with E-state index in [-0.39, 0.29) is 31.0 Å². The van der Waals surface area contributed by atoms with Gasteiger partial charge in [-0.25, -0.2) is 0 Å². The highest BCUT2D eigenvalue weighted by Gasteiger charge is 2.36. The van der Waals surface area contributed by atoms with Crippen LogP contribution >= 0.6 is 11.3 Å². The molecule has 2 heterocycles. The molecule has 1 aliphatic heterocycles. The summed E-state index contributed by atoms with van der Waals surface area (Å²) in [6.45, 7) is 6.39. The van der Waals surface area contributed by atoms with Crippen LogP contribution in [0.25, 0.3) is 0 Å². The molecule has 0 saturated carbocycles. The quantitative estimate of drug-likeness (QED) is 0.522. The molecule has 0 aliphatic carbocycles. The number of carbonyl (C=O) groups is 2. The van der Waals surface area contributed by atoms with Crippen molar-refractivity contribution in [2.24, 2.45) is 0 Å². The normalized spacial score (nSPS) is 15.6. The first-order valence-corrected chi connectivity index (χ1v) is 12.1. The fourth-order valence-electron chi connectivity index (χ4n) is 4.25. The Bertz CT molecular complexity index is 1090. The Kier molecular flexibility index (Phi) is 6.84. The van der Waals surface area contributed by atoms with Gasteiger partial charge in [0.25, 0.3) is 5.91 Å². The average Bonchev–Trinajstić information content (AvgIpc) is 3.29. The lowest BCUT2D eigenvalue weighted by atomic mass is 9.93. The summed E-state index contributed by atoms with van der Waals surface area (Å²) in [5.74, 6) is 0.379. The molecular formula is C27H30N2O3S. The van der Waals surface area contributed by atoms with Crippen LogP contribution in [0, 0.1) is 0 Å². The van der Waals surface area contributed by atoms with Gasteiger partial charge in [0.05, 0.1) is 6.04 Å². The van der Waals surface area contributed by atoms with Gasteiger partial charge in [-0.3, -0.25) is 9.59 Å². The highest BCUT2D eigenvalue weighted by atomic mass is 32.1. The minimum absolute atomic E-state index is 0.0171. The molecule has 0 saturated heterocycles. The molecular weight excluding hydrogens is 432 g/mol. The number of benzene rings is 2. The topological polar surface area (TPSA) is 49.9 Å². The molecule has 1 aromatic heterocycles. The van der Waals surface area contributed by atoms with Crippen LogP contribution in [0.3, 0.4) is 0 Å². The molecule has 2 amide bonds. The highest BCUT2D eigenvalue weighted by molar-refractivity contribution is 7.10. The lowest BCUT2D eigenvalue weighted by Crippen LogP contribution is -2.53. The second kappa shape index (κ2) is 9.79. The van der Waals surface area contributed by atoms with Crippen LogP contribution < -0.4 is 4.74 Å². The number of para-hydroxylation sites is 1. The molecule has 4 rings (SSSR count). The molecule has 3 aromatic rings. The van der Waals surface area contributed by atoms with E-state index in [0.717, 1.165) is 12.0 Å². The molecule has 6 heteroatoms. The molecule has 1 aliphatic rings. The van der Waals surface area contributed by atoms with Crippen molar-refractivity contribution in [3.63, 3.8) is 0 Å². The fourth-order valence-corrected chi connectivity index (χ4v) is 5.15. The van der Waals surface area contributed by atoms with Crippen LogP contribution in [0.5, 0.6) is 5.75 Å². The smallest absolute Gasteiger partial charge is 0.261 e. The van der Waals surface area contributed by atoms with Crippen LogP contribution in [0.1, 0.15) is 42.8 Å². The minimum atomic E-state index is -0.516. The lowest BCUT2D eigenvalue weighted by Gasteiger charge is -2.40. The zero-order chi connectivity index (χ0) is 23.4. The van der Waals surface area contributed by atoms with Crippen LogP contribution in [0.4, 0.5) is 0 Å². The lowest BCUT2D eigenvalue weighted by molar-refractivity contribution is -0.147. The third-order valence-corrected chi connectivity index (χ3v) is 6.91. The molecule has 0 N–H and O–H groups in total. The van der Waals surface area contributed by atoms with Crippen molar-refractivity contribution in [1.82, 2.24) is 9.80 Å². The van der Waals surface area contributed by atoms with Gasteiger partial charge in [-0.15, -0.1) is 11.3 Å². The Morgan fingerprint density at radius 3 is 2.36 bits per heavy atom. The largest absolute Gasteiger partial charge is 0.484 e. The Balaban J connectivity index is 1.54. The summed E-state index contributed by atoms with van der Waals surface area (Å²) in [6.07, 6.45) is 0.836. The maximum Gasteiger partial charge on any atom is 0.261 e. The summed E-state index contributed by atoms with van der Waals surface area (Å²) >= 11 is 1.75. The number of nitrogens with zero attached hydrogens (tertiary/aromatic N) is 2. The number of hydrogen-bond donors (Lipinski definition) is 0. The molecule has 0 radical (unpaired) electrons. The number of ether oxygens (including phenoxy) is 1.